The van der Waals surface area contributed by atoms with Crippen molar-refractivity contribution in [3.63, 3.8) is 0 Å². The summed E-state index contributed by atoms with van der Waals surface area (Å²) in [6, 6.07) is 12.9. The lowest BCUT2D eigenvalue weighted by molar-refractivity contribution is 0.00576. The molecule has 0 saturated heterocycles. The number of rotatable bonds is 10. The van der Waals surface area contributed by atoms with Gasteiger partial charge in [0, 0.05) is 12.0 Å². The fourth-order valence-electron chi connectivity index (χ4n) is 3.43. The fraction of sp³-hybridized carbons (Fsp3) is 0.458. The molecule has 0 radical (unpaired) electrons. The van der Waals surface area contributed by atoms with Gasteiger partial charge in [0.15, 0.2) is 0 Å². The molecule has 0 aromatic heterocycles. The molecule has 1 amide bonds. The van der Waals surface area contributed by atoms with Gasteiger partial charge in [-0.2, -0.15) is 8.42 Å². The molecule has 10 nitrogen and oxygen atoms in total. The molecule has 0 saturated carbocycles. The standard InChI is InChI=1S/C24H34N2O8S/c1-16(27)12-18-10-11-19(20(28)13-18)26(35(31,32)33)15-21(29)22(14-17-8-6-5-7-9-17)34-23(30)25-24(2,3)4/h5-11,13,16,21-22,27-29H,12,14-15H2,1-4H3,(H,25,30)(H,31,32,33)/t16-,21+,22-/m0/s1. The number of phenolic OH excluding ortho intramolecular Hbond substituents is 1. The Morgan fingerprint density at radius 3 is 2.20 bits per heavy atom. The number of hydrogen-bond donors (Lipinski definition) is 5. The van der Waals surface area contributed by atoms with Gasteiger partial charge in [0.1, 0.15) is 18.0 Å². The Bertz CT molecular complexity index is 1080. The van der Waals surface area contributed by atoms with Crippen molar-refractivity contribution in [1.82, 2.24) is 5.32 Å². The van der Waals surface area contributed by atoms with Crippen LogP contribution in [0.4, 0.5) is 10.5 Å². The topological polar surface area (TPSA) is 157 Å². The van der Waals surface area contributed by atoms with Crippen LogP contribution in [-0.2, 0) is 27.9 Å². The van der Waals surface area contributed by atoms with Crippen LogP contribution >= 0.6 is 0 Å². The zero-order chi connectivity index (χ0) is 26.4. The number of benzene rings is 2. The van der Waals surface area contributed by atoms with Crippen LogP contribution in [0.15, 0.2) is 48.5 Å². The summed E-state index contributed by atoms with van der Waals surface area (Å²) in [5.74, 6) is -0.473. The average Bonchev–Trinajstić information content (AvgIpc) is 2.70. The number of alkyl carbamates (subject to hydrolysis) is 1. The fourth-order valence-corrected chi connectivity index (χ4v) is 4.17. The largest absolute Gasteiger partial charge is 0.506 e. The Morgan fingerprint density at radius 1 is 1.06 bits per heavy atom. The summed E-state index contributed by atoms with van der Waals surface area (Å²) >= 11 is 0. The van der Waals surface area contributed by atoms with Crippen LogP contribution in [0.5, 0.6) is 5.75 Å². The minimum Gasteiger partial charge on any atom is -0.506 e. The normalized spacial score (nSPS) is 14.6. The third-order valence-corrected chi connectivity index (χ3v) is 5.82. The van der Waals surface area contributed by atoms with E-state index < -0.39 is 52.5 Å². The number of phenols is 1. The summed E-state index contributed by atoms with van der Waals surface area (Å²) in [6.45, 7) is 6.11. The summed E-state index contributed by atoms with van der Waals surface area (Å²) in [6.07, 6.45) is -3.95. The van der Waals surface area contributed by atoms with E-state index in [2.05, 4.69) is 5.32 Å². The molecule has 0 heterocycles. The molecule has 2 aromatic carbocycles. The van der Waals surface area contributed by atoms with Crippen LogP contribution in [0.25, 0.3) is 0 Å². The molecule has 194 valence electrons. The first-order chi connectivity index (χ1) is 16.2. The second kappa shape index (κ2) is 11.7. The highest BCUT2D eigenvalue weighted by Crippen LogP contribution is 2.31. The predicted octanol–water partition coefficient (Wildman–Crippen LogP) is 2.42. The molecule has 0 bridgehead atoms. The first-order valence-electron chi connectivity index (χ1n) is 11.1. The number of nitrogens with zero attached hydrogens (tertiary/aromatic N) is 1. The monoisotopic (exact) mass is 510 g/mol. The minimum absolute atomic E-state index is 0.0677. The molecule has 0 unspecified atom stereocenters. The quantitative estimate of drug-likeness (QED) is 0.305. The predicted molar refractivity (Wildman–Crippen MR) is 132 cm³/mol. The number of carbonyl (C=O) groups is 1. The number of anilines is 1. The number of hydrogen-bond acceptors (Lipinski definition) is 7. The Hall–Kier alpha value is -2.86. The van der Waals surface area contributed by atoms with Gasteiger partial charge in [0.05, 0.1) is 18.3 Å². The van der Waals surface area contributed by atoms with Crippen LogP contribution in [0, 0.1) is 0 Å². The summed E-state index contributed by atoms with van der Waals surface area (Å²) < 4.78 is 40.1. The van der Waals surface area contributed by atoms with Crippen molar-refractivity contribution in [3.05, 3.63) is 59.7 Å². The van der Waals surface area contributed by atoms with Crippen molar-refractivity contribution < 1.29 is 37.8 Å². The highest BCUT2D eigenvalue weighted by molar-refractivity contribution is 7.87. The van der Waals surface area contributed by atoms with E-state index in [4.69, 9.17) is 4.74 Å². The number of amides is 1. The van der Waals surface area contributed by atoms with Crippen LogP contribution < -0.4 is 9.62 Å². The molecule has 0 aliphatic carbocycles. The van der Waals surface area contributed by atoms with E-state index in [9.17, 15) is 33.1 Å². The highest BCUT2D eigenvalue weighted by Gasteiger charge is 2.32. The summed E-state index contributed by atoms with van der Waals surface area (Å²) in [7, 11) is -4.93. The lowest BCUT2D eigenvalue weighted by atomic mass is 10.0. The molecule has 0 spiro atoms. The van der Waals surface area contributed by atoms with Gasteiger partial charge in [-0.1, -0.05) is 36.4 Å². The van der Waals surface area contributed by atoms with Crippen molar-refractivity contribution >= 4 is 22.1 Å². The van der Waals surface area contributed by atoms with Gasteiger partial charge in [0.25, 0.3) is 0 Å². The Kier molecular flexibility index (Phi) is 9.50. The van der Waals surface area contributed by atoms with Crippen molar-refractivity contribution in [1.29, 1.82) is 0 Å². The van der Waals surface area contributed by atoms with Crippen molar-refractivity contribution in [2.24, 2.45) is 0 Å². The molecule has 11 heteroatoms. The van der Waals surface area contributed by atoms with E-state index >= 15 is 0 Å². The lowest BCUT2D eigenvalue weighted by Gasteiger charge is -2.30. The first kappa shape index (κ1) is 28.4. The lowest BCUT2D eigenvalue weighted by Crippen LogP contribution is -2.48. The molecule has 35 heavy (non-hydrogen) atoms. The van der Waals surface area contributed by atoms with E-state index in [1.807, 2.05) is 0 Å². The van der Waals surface area contributed by atoms with Crippen LogP contribution in [0.3, 0.4) is 0 Å². The average molecular weight is 511 g/mol. The maximum atomic E-state index is 12.4. The van der Waals surface area contributed by atoms with E-state index in [0.717, 1.165) is 5.56 Å². The van der Waals surface area contributed by atoms with Gasteiger partial charge >= 0.3 is 16.4 Å². The van der Waals surface area contributed by atoms with E-state index in [1.54, 1.807) is 58.0 Å². The van der Waals surface area contributed by atoms with Crippen molar-refractivity contribution in [3.8, 4) is 5.75 Å². The number of aliphatic hydroxyl groups is 2. The SMILES string of the molecule is C[C@H](O)Cc1ccc(N(C[C@@H](O)[C@H](Cc2ccccc2)OC(=O)NC(C)(C)C)S(=O)(=O)O)c(O)c1. The summed E-state index contributed by atoms with van der Waals surface area (Å²) in [5.41, 5.74) is 0.378. The van der Waals surface area contributed by atoms with Gasteiger partial charge in [-0.15, -0.1) is 0 Å². The third-order valence-electron chi connectivity index (χ3n) is 4.92. The number of ether oxygens (including phenoxy) is 1. The first-order valence-corrected chi connectivity index (χ1v) is 12.5. The molecular weight excluding hydrogens is 476 g/mol. The molecule has 2 rings (SSSR count). The molecule has 2 aromatic rings. The molecule has 0 fully saturated rings. The Balaban J connectivity index is 2.33. The summed E-state index contributed by atoms with van der Waals surface area (Å²) in [4.78, 5) is 12.4. The van der Waals surface area contributed by atoms with E-state index in [0.29, 0.717) is 9.87 Å². The Labute approximate surface area is 206 Å². The number of nitrogens with one attached hydrogen (secondary N) is 1. The maximum Gasteiger partial charge on any atom is 0.407 e. The smallest absolute Gasteiger partial charge is 0.407 e. The van der Waals surface area contributed by atoms with E-state index in [1.165, 1.54) is 18.2 Å². The van der Waals surface area contributed by atoms with Gasteiger partial charge in [-0.05, 0) is 57.4 Å². The second-order valence-corrected chi connectivity index (χ2v) is 10.8. The van der Waals surface area contributed by atoms with Crippen molar-refractivity contribution in [2.75, 3.05) is 10.8 Å². The van der Waals surface area contributed by atoms with Gasteiger partial charge in [-0.25, -0.2) is 9.10 Å². The molecular formula is C24H34N2O8S. The van der Waals surface area contributed by atoms with Crippen LogP contribution in [0.2, 0.25) is 0 Å². The number of aromatic hydroxyl groups is 1. The second-order valence-electron chi connectivity index (χ2n) is 9.46. The summed E-state index contributed by atoms with van der Waals surface area (Å²) in [5, 5.41) is 33.5. The minimum atomic E-state index is -4.93. The van der Waals surface area contributed by atoms with Crippen LogP contribution in [-0.4, -0.2) is 64.8 Å². The zero-order valence-corrected chi connectivity index (χ0v) is 21.1. The van der Waals surface area contributed by atoms with Crippen molar-refractivity contribution in [2.45, 2.75) is 64.4 Å². The molecule has 0 aliphatic rings. The maximum absolute atomic E-state index is 12.4. The molecule has 5 N–H and O–H groups in total. The molecule has 3 atom stereocenters. The number of aliphatic hydroxyl groups excluding tert-OH is 2. The Morgan fingerprint density at radius 2 is 1.69 bits per heavy atom. The van der Waals surface area contributed by atoms with Crippen LogP contribution in [0.1, 0.15) is 38.8 Å². The van der Waals surface area contributed by atoms with Gasteiger partial charge in [-0.3, -0.25) is 4.55 Å². The van der Waals surface area contributed by atoms with Gasteiger partial charge < -0.3 is 25.4 Å². The van der Waals surface area contributed by atoms with E-state index in [-0.39, 0.29) is 18.5 Å². The third kappa shape index (κ3) is 9.36. The van der Waals surface area contributed by atoms with Gasteiger partial charge in [0.2, 0.25) is 0 Å². The zero-order valence-electron chi connectivity index (χ0n) is 20.2. The highest BCUT2D eigenvalue weighted by atomic mass is 32.2. The number of carbonyl (C=O) groups excluding carboxylic acids is 1. The molecule has 0 aliphatic heterocycles.